The van der Waals surface area contributed by atoms with Crippen molar-refractivity contribution >= 4 is 17.9 Å². The van der Waals surface area contributed by atoms with Gasteiger partial charge in [-0.05, 0) is 51.8 Å². The molecule has 0 fully saturated rings. The van der Waals surface area contributed by atoms with Gasteiger partial charge >= 0.3 is 6.09 Å². The zero-order chi connectivity index (χ0) is 22.0. The maximum atomic E-state index is 12.9. The van der Waals surface area contributed by atoms with Crippen LogP contribution in [0.5, 0.6) is 5.75 Å². The van der Waals surface area contributed by atoms with Crippen molar-refractivity contribution in [3.63, 3.8) is 0 Å². The predicted molar refractivity (Wildman–Crippen MR) is 110 cm³/mol. The number of hydrogen-bond donors (Lipinski definition) is 3. The van der Waals surface area contributed by atoms with E-state index in [4.69, 9.17) is 4.74 Å². The first kappa shape index (κ1) is 24.3. The van der Waals surface area contributed by atoms with Crippen molar-refractivity contribution in [2.75, 3.05) is 19.6 Å². The number of ether oxygens (including phenoxy) is 1. The monoisotopic (exact) mass is 407 g/mol. The number of benzene rings is 1. The van der Waals surface area contributed by atoms with Gasteiger partial charge < -0.3 is 25.4 Å². The molecule has 162 valence electrons. The van der Waals surface area contributed by atoms with Gasteiger partial charge in [-0.2, -0.15) is 0 Å². The zero-order valence-electron chi connectivity index (χ0n) is 17.9. The number of nitrogens with one attached hydrogen (secondary N) is 2. The molecule has 1 aromatic rings. The van der Waals surface area contributed by atoms with Gasteiger partial charge in [0.25, 0.3) is 0 Å². The number of rotatable bonds is 9. The van der Waals surface area contributed by atoms with E-state index in [0.717, 1.165) is 12.8 Å². The Kier molecular flexibility index (Phi) is 9.44. The van der Waals surface area contributed by atoms with E-state index in [2.05, 4.69) is 10.6 Å². The normalized spacial score (nSPS) is 12.0. The molecule has 0 saturated heterocycles. The number of aromatic hydroxyl groups is 1. The molecule has 0 aliphatic rings. The number of carbonyl (C=O) groups is 3. The van der Waals surface area contributed by atoms with Crippen molar-refractivity contribution in [3.8, 4) is 5.75 Å². The van der Waals surface area contributed by atoms with Crippen molar-refractivity contribution in [1.82, 2.24) is 15.5 Å². The number of phenols is 1. The third kappa shape index (κ3) is 8.41. The lowest BCUT2D eigenvalue weighted by molar-refractivity contribution is -0.140. The minimum atomic E-state index is -0.920. The first-order valence-electron chi connectivity index (χ1n) is 9.92. The van der Waals surface area contributed by atoms with E-state index in [1.54, 1.807) is 39.8 Å². The molecule has 0 saturated carbocycles. The summed E-state index contributed by atoms with van der Waals surface area (Å²) in [7, 11) is 0. The van der Waals surface area contributed by atoms with Crippen LogP contribution in [-0.4, -0.2) is 53.1 Å². The highest BCUT2D eigenvalue weighted by Gasteiger charge is 2.30. The lowest BCUT2D eigenvalue weighted by atomic mass is 10.0. The van der Waals surface area contributed by atoms with E-state index in [9.17, 15) is 19.5 Å². The third-order valence-corrected chi connectivity index (χ3v) is 4.02. The molecule has 3 amide bonds. The van der Waals surface area contributed by atoms with Crippen LogP contribution < -0.4 is 10.6 Å². The van der Waals surface area contributed by atoms with Gasteiger partial charge in [0, 0.05) is 13.1 Å². The van der Waals surface area contributed by atoms with Crippen LogP contribution in [-0.2, 0) is 14.3 Å². The van der Waals surface area contributed by atoms with E-state index in [1.807, 2.05) is 6.92 Å². The Bertz CT molecular complexity index is 700. The Morgan fingerprint density at radius 2 is 1.86 bits per heavy atom. The standard InChI is InChI=1S/C21H33N3O5/c1-6-8-12-22-19(27)18(15-10-9-11-16(25)13-15)24(7-2)17(26)14-23-20(28)29-21(3,4)5/h9-11,13,18,25H,6-8,12,14H2,1-5H3,(H,22,27)(H,23,28). The summed E-state index contributed by atoms with van der Waals surface area (Å²) in [4.78, 5) is 38.9. The van der Waals surface area contributed by atoms with E-state index < -0.39 is 23.6 Å². The third-order valence-electron chi connectivity index (χ3n) is 4.02. The minimum Gasteiger partial charge on any atom is -0.508 e. The largest absolute Gasteiger partial charge is 0.508 e. The summed E-state index contributed by atoms with van der Waals surface area (Å²) >= 11 is 0. The summed E-state index contributed by atoms with van der Waals surface area (Å²) in [6, 6.07) is 5.34. The van der Waals surface area contributed by atoms with Crippen LogP contribution in [0.1, 0.15) is 59.1 Å². The van der Waals surface area contributed by atoms with Gasteiger partial charge in [0.05, 0.1) is 0 Å². The highest BCUT2D eigenvalue weighted by molar-refractivity contribution is 5.90. The van der Waals surface area contributed by atoms with Gasteiger partial charge in [0.15, 0.2) is 0 Å². The molecule has 0 radical (unpaired) electrons. The van der Waals surface area contributed by atoms with E-state index in [1.165, 1.54) is 17.0 Å². The van der Waals surface area contributed by atoms with Gasteiger partial charge in [-0.1, -0.05) is 25.5 Å². The van der Waals surface area contributed by atoms with E-state index in [-0.39, 0.29) is 24.7 Å². The topological polar surface area (TPSA) is 108 Å². The molecule has 1 atom stereocenters. The molecule has 0 aliphatic heterocycles. The number of alkyl carbamates (subject to hydrolysis) is 1. The Morgan fingerprint density at radius 3 is 2.41 bits per heavy atom. The molecular weight excluding hydrogens is 374 g/mol. The van der Waals surface area contributed by atoms with Crippen LogP contribution in [0.15, 0.2) is 24.3 Å². The molecule has 0 aromatic heterocycles. The molecule has 0 aliphatic carbocycles. The van der Waals surface area contributed by atoms with Crippen LogP contribution >= 0.6 is 0 Å². The first-order chi connectivity index (χ1) is 13.6. The molecule has 8 heteroatoms. The van der Waals surface area contributed by atoms with Crippen molar-refractivity contribution in [3.05, 3.63) is 29.8 Å². The van der Waals surface area contributed by atoms with Crippen molar-refractivity contribution in [1.29, 1.82) is 0 Å². The summed E-state index contributed by atoms with van der Waals surface area (Å²) in [5.74, 6) is -0.766. The summed E-state index contributed by atoms with van der Waals surface area (Å²) in [5.41, 5.74) is -0.188. The Morgan fingerprint density at radius 1 is 1.17 bits per heavy atom. The molecule has 1 unspecified atom stereocenters. The highest BCUT2D eigenvalue weighted by atomic mass is 16.6. The Labute approximate surface area is 172 Å². The van der Waals surface area contributed by atoms with Crippen LogP contribution in [0, 0.1) is 0 Å². The number of nitrogens with zero attached hydrogens (tertiary/aromatic N) is 1. The molecule has 29 heavy (non-hydrogen) atoms. The second-order valence-corrected chi connectivity index (χ2v) is 7.68. The van der Waals surface area contributed by atoms with Crippen molar-refractivity contribution < 1.29 is 24.2 Å². The number of carbonyl (C=O) groups excluding carboxylic acids is 3. The summed E-state index contributed by atoms with van der Waals surface area (Å²) < 4.78 is 5.14. The molecule has 0 spiro atoms. The molecule has 0 bridgehead atoms. The Hall–Kier alpha value is -2.77. The van der Waals surface area contributed by atoms with Crippen LogP contribution in [0.25, 0.3) is 0 Å². The van der Waals surface area contributed by atoms with Gasteiger partial charge in [-0.3, -0.25) is 9.59 Å². The summed E-state index contributed by atoms with van der Waals surface area (Å²) in [6.07, 6.45) is 1.04. The minimum absolute atomic E-state index is 0.00393. The molecule has 1 aromatic carbocycles. The number of amides is 3. The quantitative estimate of drug-likeness (QED) is 0.546. The first-order valence-corrected chi connectivity index (χ1v) is 9.92. The second kappa shape index (κ2) is 11.3. The number of likely N-dealkylation sites (N-methyl/N-ethyl adjacent to an activating group) is 1. The van der Waals surface area contributed by atoms with E-state index >= 15 is 0 Å². The fourth-order valence-corrected chi connectivity index (χ4v) is 2.72. The van der Waals surface area contributed by atoms with Crippen molar-refractivity contribution in [2.24, 2.45) is 0 Å². The predicted octanol–water partition coefficient (Wildman–Crippen LogP) is 2.72. The maximum Gasteiger partial charge on any atom is 0.408 e. The van der Waals surface area contributed by atoms with Crippen LogP contribution in [0.2, 0.25) is 0 Å². The zero-order valence-corrected chi connectivity index (χ0v) is 17.9. The number of unbranched alkanes of at least 4 members (excludes halogenated alkanes) is 1. The highest BCUT2D eigenvalue weighted by Crippen LogP contribution is 2.24. The molecule has 1 rings (SSSR count). The number of hydrogen-bond acceptors (Lipinski definition) is 5. The SMILES string of the molecule is CCCCNC(=O)C(c1cccc(O)c1)N(CC)C(=O)CNC(=O)OC(C)(C)C. The average molecular weight is 408 g/mol. The fourth-order valence-electron chi connectivity index (χ4n) is 2.72. The van der Waals surface area contributed by atoms with Crippen LogP contribution in [0.4, 0.5) is 4.79 Å². The smallest absolute Gasteiger partial charge is 0.408 e. The van der Waals surface area contributed by atoms with E-state index in [0.29, 0.717) is 12.1 Å². The summed E-state index contributed by atoms with van der Waals surface area (Å²) in [6.45, 7) is 9.38. The molecule has 8 nitrogen and oxygen atoms in total. The average Bonchev–Trinajstić information content (AvgIpc) is 2.62. The van der Waals surface area contributed by atoms with Crippen LogP contribution in [0.3, 0.4) is 0 Å². The Balaban J connectivity index is 2.99. The van der Waals surface area contributed by atoms with Gasteiger partial charge in [-0.15, -0.1) is 0 Å². The second-order valence-electron chi connectivity index (χ2n) is 7.68. The van der Waals surface area contributed by atoms with Gasteiger partial charge in [-0.25, -0.2) is 4.79 Å². The molecule has 0 heterocycles. The fraction of sp³-hybridized carbons (Fsp3) is 0.571. The van der Waals surface area contributed by atoms with Gasteiger partial charge in [0.2, 0.25) is 11.8 Å². The summed E-state index contributed by atoms with van der Waals surface area (Å²) in [5, 5.41) is 15.1. The lowest BCUT2D eigenvalue weighted by Gasteiger charge is -2.30. The maximum absolute atomic E-state index is 12.9. The molecular formula is C21H33N3O5. The number of phenolic OH excluding ortho intramolecular Hbond substituents is 1. The van der Waals surface area contributed by atoms with Crippen molar-refractivity contribution in [2.45, 2.75) is 59.1 Å². The lowest BCUT2D eigenvalue weighted by Crippen LogP contribution is -2.47. The molecule has 3 N–H and O–H groups in total. The van der Waals surface area contributed by atoms with Gasteiger partial charge in [0.1, 0.15) is 23.9 Å².